The molecule has 1 aromatic heterocycles. The number of aromatic nitrogens is 1. The van der Waals surface area contributed by atoms with E-state index in [0.29, 0.717) is 24.4 Å². The van der Waals surface area contributed by atoms with Crippen LogP contribution in [0.3, 0.4) is 0 Å². The molecule has 6 nitrogen and oxygen atoms in total. The largest absolute Gasteiger partial charge is 0.494 e. The lowest BCUT2D eigenvalue weighted by Gasteiger charge is -2.32. The average molecular weight is 384 g/mol. The summed E-state index contributed by atoms with van der Waals surface area (Å²) in [6.45, 7) is 3.76. The Morgan fingerprint density at radius 3 is 2.79 bits per heavy atom. The summed E-state index contributed by atoms with van der Waals surface area (Å²) in [6.07, 6.45) is 0.246. The van der Waals surface area contributed by atoms with Crippen LogP contribution in [0.25, 0.3) is 11.0 Å². The molecule has 1 aliphatic rings. The maximum atomic E-state index is 13.9. The van der Waals surface area contributed by atoms with Gasteiger partial charge in [0.25, 0.3) is 0 Å². The number of quaternary nitrogens is 1. The van der Waals surface area contributed by atoms with Gasteiger partial charge >= 0.3 is 0 Å². The van der Waals surface area contributed by atoms with Crippen LogP contribution in [0.4, 0.5) is 4.39 Å². The highest BCUT2D eigenvalue weighted by Crippen LogP contribution is 2.19. The Labute approximate surface area is 162 Å². The van der Waals surface area contributed by atoms with Crippen LogP contribution in [0.5, 0.6) is 5.75 Å². The summed E-state index contributed by atoms with van der Waals surface area (Å²) in [6, 6.07) is 12.6. The number of methoxy groups -OCH3 is 1. The number of nitrogens with one attached hydrogen (secondary N) is 1. The van der Waals surface area contributed by atoms with E-state index in [1.165, 1.54) is 18.1 Å². The predicted octanol–water partition coefficient (Wildman–Crippen LogP) is 1.45. The van der Waals surface area contributed by atoms with Gasteiger partial charge in [-0.05, 0) is 30.3 Å². The second-order valence-corrected chi connectivity index (χ2v) is 7.08. The number of hydrogen-bond acceptors (Lipinski definition) is 4. The van der Waals surface area contributed by atoms with E-state index in [-0.39, 0.29) is 23.9 Å². The first-order valence-electron chi connectivity index (χ1n) is 9.41. The van der Waals surface area contributed by atoms with Gasteiger partial charge in [0.15, 0.2) is 17.1 Å². The van der Waals surface area contributed by atoms with Crippen LogP contribution in [-0.2, 0) is 17.8 Å². The van der Waals surface area contributed by atoms with E-state index in [1.807, 2.05) is 35.2 Å². The maximum Gasteiger partial charge on any atom is 0.229 e. The molecule has 1 amide bonds. The molecule has 1 fully saturated rings. The molecule has 0 spiro atoms. The van der Waals surface area contributed by atoms with Gasteiger partial charge in [0.1, 0.15) is 12.2 Å². The predicted molar refractivity (Wildman–Crippen MR) is 102 cm³/mol. The molecule has 0 bridgehead atoms. The molecule has 0 unspecified atom stereocenters. The molecule has 146 valence electrons. The molecule has 1 saturated heterocycles. The Morgan fingerprint density at radius 2 is 2.04 bits per heavy atom. The van der Waals surface area contributed by atoms with E-state index in [4.69, 9.17) is 9.26 Å². The summed E-state index contributed by atoms with van der Waals surface area (Å²) in [5.74, 6) is -0.0174. The number of hydrogen-bond donors (Lipinski definition) is 1. The Morgan fingerprint density at radius 1 is 1.25 bits per heavy atom. The Bertz CT molecular complexity index is 980. The first-order valence-corrected chi connectivity index (χ1v) is 9.41. The van der Waals surface area contributed by atoms with Gasteiger partial charge in [-0.2, -0.15) is 0 Å². The lowest BCUT2D eigenvalue weighted by atomic mass is 10.1. The molecule has 0 aliphatic carbocycles. The van der Waals surface area contributed by atoms with Gasteiger partial charge in [-0.3, -0.25) is 4.79 Å². The van der Waals surface area contributed by atoms with Crippen molar-refractivity contribution in [2.45, 2.75) is 13.0 Å². The van der Waals surface area contributed by atoms with Crippen LogP contribution in [0, 0.1) is 5.82 Å². The number of nitrogens with zero attached hydrogens (tertiary/aromatic N) is 2. The van der Waals surface area contributed by atoms with Gasteiger partial charge in [0.05, 0.1) is 39.7 Å². The topological polar surface area (TPSA) is 60.0 Å². The number of rotatable bonds is 5. The number of piperazine rings is 1. The number of amides is 1. The van der Waals surface area contributed by atoms with Crippen LogP contribution in [0.15, 0.2) is 47.0 Å². The number of benzene rings is 2. The van der Waals surface area contributed by atoms with E-state index in [9.17, 15) is 9.18 Å². The van der Waals surface area contributed by atoms with Crippen molar-refractivity contribution in [3.8, 4) is 5.75 Å². The highest BCUT2D eigenvalue weighted by molar-refractivity contribution is 5.86. The molecule has 1 N–H and O–H groups in total. The van der Waals surface area contributed by atoms with Crippen LogP contribution in [0.2, 0.25) is 0 Å². The summed E-state index contributed by atoms with van der Waals surface area (Å²) in [4.78, 5) is 15.9. The molecule has 0 atom stereocenters. The van der Waals surface area contributed by atoms with Crippen molar-refractivity contribution < 1.29 is 23.3 Å². The first kappa shape index (κ1) is 18.4. The van der Waals surface area contributed by atoms with Gasteiger partial charge in [-0.1, -0.05) is 17.3 Å². The first-order chi connectivity index (χ1) is 13.6. The number of carbonyl (C=O) groups is 1. The number of carbonyl (C=O) groups excluding carboxylic acids is 1. The summed E-state index contributed by atoms with van der Waals surface area (Å²) >= 11 is 0. The van der Waals surface area contributed by atoms with Gasteiger partial charge in [-0.25, -0.2) is 4.39 Å². The maximum absolute atomic E-state index is 13.9. The zero-order valence-electron chi connectivity index (χ0n) is 15.8. The fourth-order valence-electron chi connectivity index (χ4n) is 3.68. The van der Waals surface area contributed by atoms with Crippen molar-refractivity contribution in [1.29, 1.82) is 0 Å². The zero-order chi connectivity index (χ0) is 19.5. The number of para-hydroxylation sites is 1. The highest BCUT2D eigenvalue weighted by Gasteiger charge is 2.25. The smallest absolute Gasteiger partial charge is 0.229 e. The summed E-state index contributed by atoms with van der Waals surface area (Å²) in [5.41, 5.74) is 2.32. The van der Waals surface area contributed by atoms with Crippen molar-refractivity contribution in [2.24, 2.45) is 0 Å². The van der Waals surface area contributed by atoms with Gasteiger partial charge in [-0.15, -0.1) is 0 Å². The van der Waals surface area contributed by atoms with Crippen LogP contribution in [0.1, 0.15) is 11.3 Å². The standard InChI is InChI=1S/C21H22FN3O3/c1-27-20-7-6-15(12-17(20)22)14-24-8-10-25(11-9-24)21(26)13-18-16-4-2-3-5-19(16)28-23-18/h2-7,12H,8-11,13-14H2,1H3/p+1. The lowest BCUT2D eigenvalue weighted by Crippen LogP contribution is -3.13. The molecule has 28 heavy (non-hydrogen) atoms. The van der Waals surface area contributed by atoms with E-state index >= 15 is 0 Å². The van der Waals surface area contributed by atoms with E-state index in [2.05, 4.69) is 5.16 Å². The monoisotopic (exact) mass is 384 g/mol. The summed E-state index contributed by atoms with van der Waals surface area (Å²) < 4.78 is 24.1. The minimum atomic E-state index is -0.340. The van der Waals surface area contributed by atoms with Crippen LogP contribution in [-0.4, -0.2) is 49.3 Å². The highest BCUT2D eigenvalue weighted by atomic mass is 19.1. The third kappa shape index (κ3) is 3.84. The van der Waals surface area contributed by atoms with Crippen molar-refractivity contribution >= 4 is 16.9 Å². The number of ether oxygens (including phenoxy) is 1. The molecule has 4 rings (SSSR count). The van der Waals surface area contributed by atoms with Crippen molar-refractivity contribution in [3.05, 3.63) is 59.5 Å². The van der Waals surface area contributed by atoms with Crippen molar-refractivity contribution in [3.63, 3.8) is 0 Å². The second kappa shape index (κ2) is 7.98. The third-order valence-corrected chi connectivity index (χ3v) is 5.26. The second-order valence-electron chi connectivity index (χ2n) is 7.08. The molecule has 0 saturated carbocycles. The summed E-state index contributed by atoms with van der Waals surface area (Å²) in [5, 5.41) is 4.94. The molecular formula is C21H23FN3O3+. The molecule has 7 heteroatoms. The molecule has 0 radical (unpaired) electrons. The molecule has 2 heterocycles. The number of halogens is 1. The van der Waals surface area contributed by atoms with Gasteiger partial charge < -0.3 is 19.1 Å². The zero-order valence-corrected chi connectivity index (χ0v) is 15.8. The lowest BCUT2D eigenvalue weighted by molar-refractivity contribution is -0.917. The minimum Gasteiger partial charge on any atom is -0.494 e. The average Bonchev–Trinajstić information content (AvgIpc) is 3.12. The SMILES string of the molecule is COc1ccc(C[NH+]2CCN(C(=O)Cc3noc4ccccc34)CC2)cc1F. The van der Waals surface area contributed by atoms with Crippen molar-refractivity contribution in [1.82, 2.24) is 10.1 Å². The molecule has 1 aliphatic heterocycles. The molecule has 3 aromatic rings. The van der Waals surface area contributed by atoms with Crippen molar-refractivity contribution in [2.75, 3.05) is 33.3 Å². The molecular weight excluding hydrogens is 361 g/mol. The van der Waals surface area contributed by atoms with Gasteiger partial charge in [0, 0.05) is 10.9 Å². The van der Waals surface area contributed by atoms with Gasteiger partial charge in [0.2, 0.25) is 5.91 Å². The number of fused-ring (bicyclic) bond motifs is 1. The summed E-state index contributed by atoms with van der Waals surface area (Å²) in [7, 11) is 1.46. The Kier molecular flexibility index (Phi) is 5.25. The van der Waals surface area contributed by atoms with E-state index < -0.39 is 0 Å². The van der Waals surface area contributed by atoms with Crippen LogP contribution < -0.4 is 9.64 Å². The van der Waals surface area contributed by atoms with Crippen LogP contribution >= 0.6 is 0 Å². The van der Waals surface area contributed by atoms with E-state index in [1.54, 1.807) is 6.07 Å². The van der Waals surface area contributed by atoms with E-state index in [0.717, 1.165) is 30.6 Å². The Balaban J connectivity index is 1.32. The normalized spacial score (nSPS) is 15.1. The minimum absolute atomic E-state index is 0.0635. The molecule has 2 aromatic carbocycles. The fraction of sp³-hybridized carbons (Fsp3) is 0.333. The Hall–Kier alpha value is -2.93. The third-order valence-electron chi connectivity index (χ3n) is 5.26. The quantitative estimate of drug-likeness (QED) is 0.723. The fourth-order valence-corrected chi connectivity index (χ4v) is 3.68.